The van der Waals surface area contributed by atoms with Gasteiger partial charge in [-0.1, -0.05) is 13.8 Å². The van der Waals surface area contributed by atoms with E-state index in [1.165, 1.54) is 11.3 Å². The highest BCUT2D eigenvalue weighted by molar-refractivity contribution is 7.09. The predicted molar refractivity (Wildman–Crippen MR) is 70.7 cm³/mol. The first-order valence-electron chi connectivity index (χ1n) is 5.80. The molecule has 3 N–H and O–H groups in total. The molecule has 5 heteroatoms. The minimum atomic E-state index is -0.458. The van der Waals surface area contributed by atoms with Crippen molar-refractivity contribution in [3.05, 3.63) is 16.6 Å². The second-order valence-corrected chi connectivity index (χ2v) is 6.08. The number of nitrogens with two attached hydrogens (primary N) is 1. The lowest BCUT2D eigenvalue weighted by molar-refractivity contribution is -0.124. The van der Waals surface area contributed by atoms with Gasteiger partial charge in [0.15, 0.2) is 0 Å². The second kappa shape index (κ2) is 5.60. The number of rotatable bonds is 5. The van der Waals surface area contributed by atoms with Gasteiger partial charge in [-0.15, -0.1) is 11.3 Å². The van der Waals surface area contributed by atoms with E-state index in [-0.39, 0.29) is 5.91 Å². The van der Waals surface area contributed by atoms with Gasteiger partial charge in [0.2, 0.25) is 5.91 Å². The fourth-order valence-corrected chi connectivity index (χ4v) is 2.32. The van der Waals surface area contributed by atoms with Crippen LogP contribution in [0.3, 0.4) is 0 Å². The summed E-state index contributed by atoms with van der Waals surface area (Å²) in [5, 5.41) is 5.74. The summed E-state index contributed by atoms with van der Waals surface area (Å²) >= 11 is 1.53. The summed E-state index contributed by atoms with van der Waals surface area (Å²) < 4.78 is 0. The van der Waals surface area contributed by atoms with E-state index in [0.717, 1.165) is 5.01 Å². The Balaban J connectivity index is 2.62. The van der Waals surface area contributed by atoms with Gasteiger partial charge < -0.3 is 11.1 Å². The summed E-state index contributed by atoms with van der Waals surface area (Å²) in [5.41, 5.74) is 5.39. The molecular formula is C12H21N3OS. The van der Waals surface area contributed by atoms with Crippen LogP contribution in [0.4, 0.5) is 0 Å². The van der Waals surface area contributed by atoms with Gasteiger partial charge in [0.25, 0.3) is 0 Å². The normalized spacial score (nSPS) is 13.8. The van der Waals surface area contributed by atoms with Crippen molar-refractivity contribution in [3.8, 4) is 0 Å². The van der Waals surface area contributed by atoms with Gasteiger partial charge in [0, 0.05) is 11.6 Å². The zero-order valence-electron chi connectivity index (χ0n) is 10.9. The predicted octanol–water partition coefficient (Wildman–Crippen LogP) is 1.87. The molecule has 1 heterocycles. The fourth-order valence-electron chi connectivity index (χ4n) is 1.60. The van der Waals surface area contributed by atoms with Crippen molar-refractivity contribution < 1.29 is 4.79 Å². The lowest BCUT2D eigenvalue weighted by Crippen LogP contribution is -2.49. The summed E-state index contributed by atoms with van der Waals surface area (Å²) in [6.07, 6.45) is 2.43. The molecule has 1 atom stereocenters. The minimum Gasteiger partial charge on any atom is -0.343 e. The highest BCUT2D eigenvalue weighted by Gasteiger charge is 2.27. The van der Waals surface area contributed by atoms with Crippen LogP contribution in [-0.2, 0) is 10.3 Å². The SMILES string of the molecule is CC(C)C[C@H](N)C(=O)NC(C)(C)c1nccs1. The van der Waals surface area contributed by atoms with E-state index in [2.05, 4.69) is 24.1 Å². The van der Waals surface area contributed by atoms with Crippen molar-refractivity contribution >= 4 is 17.2 Å². The van der Waals surface area contributed by atoms with E-state index < -0.39 is 11.6 Å². The van der Waals surface area contributed by atoms with Crippen LogP contribution >= 0.6 is 11.3 Å². The van der Waals surface area contributed by atoms with Gasteiger partial charge in [0.1, 0.15) is 5.01 Å². The summed E-state index contributed by atoms with van der Waals surface area (Å²) in [6.45, 7) is 7.98. The molecule has 0 unspecified atom stereocenters. The number of hydrogen-bond donors (Lipinski definition) is 2. The van der Waals surface area contributed by atoms with Crippen molar-refractivity contribution in [1.29, 1.82) is 0 Å². The number of carbonyl (C=O) groups excluding carboxylic acids is 1. The van der Waals surface area contributed by atoms with E-state index >= 15 is 0 Å². The van der Waals surface area contributed by atoms with Crippen LogP contribution in [0.1, 0.15) is 39.1 Å². The molecule has 0 fully saturated rings. The maximum atomic E-state index is 11.9. The average molecular weight is 255 g/mol. The molecule has 4 nitrogen and oxygen atoms in total. The number of hydrogen-bond acceptors (Lipinski definition) is 4. The lowest BCUT2D eigenvalue weighted by Gasteiger charge is -2.26. The Morgan fingerprint density at radius 3 is 2.71 bits per heavy atom. The Bertz CT molecular complexity index is 360. The van der Waals surface area contributed by atoms with E-state index in [9.17, 15) is 4.79 Å². The van der Waals surface area contributed by atoms with Crippen molar-refractivity contribution in [3.63, 3.8) is 0 Å². The van der Waals surface area contributed by atoms with Gasteiger partial charge in [0.05, 0.1) is 11.6 Å². The first kappa shape index (κ1) is 14.1. The van der Waals surface area contributed by atoms with Crippen LogP contribution in [0.5, 0.6) is 0 Å². The lowest BCUT2D eigenvalue weighted by atomic mass is 10.0. The van der Waals surface area contributed by atoms with E-state index in [0.29, 0.717) is 12.3 Å². The molecule has 0 spiro atoms. The quantitative estimate of drug-likeness (QED) is 0.844. The van der Waals surface area contributed by atoms with Gasteiger partial charge in [-0.3, -0.25) is 4.79 Å². The Hall–Kier alpha value is -0.940. The van der Waals surface area contributed by atoms with Crippen LogP contribution in [0.25, 0.3) is 0 Å². The van der Waals surface area contributed by atoms with E-state index in [4.69, 9.17) is 5.73 Å². The number of nitrogens with zero attached hydrogens (tertiary/aromatic N) is 1. The maximum Gasteiger partial charge on any atom is 0.237 e. The average Bonchev–Trinajstić information content (AvgIpc) is 2.68. The molecule has 17 heavy (non-hydrogen) atoms. The Kier molecular flexibility index (Phi) is 4.65. The molecule has 0 saturated heterocycles. The highest BCUT2D eigenvalue weighted by atomic mass is 32.1. The zero-order valence-corrected chi connectivity index (χ0v) is 11.7. The van der Waals surface area contributed by atoms with Gasteiger partial charge in [-0.2, -0.15) is 0 Å². The Morgan fingerprint density at radius 2 is 2.24 bits per heavy atom. The fraction of sp³-hybridized carbons (Fsp3) is 0.667. The van der Waals surface area contributed by atoms with Crippen LogP contribution in [-0.4, -0.2) is 16.9 Å². The number of amides is 1. The van der Waals surface area contributed by atoms with Crippen LogP contribution < -0.4 is 11.1 Å². The molecule has 1 aromatic heterocycles. The van der Waals surface area contributed by atoms with Crippen molar-refractivity contribution in [2.24, 2.45) is 11.7 Å². The molecule has 0 aliphatic carbocycles. The molecular weight excluding hydrogens is 234 g/mol. The molecule has 96 valence electrons. The molecule has 1 aromatic rings. The summed E-state index contributed by atoms with van der Waals surface area (Å²) in [6, 6.07) is -0.450. The standard InChI is InChI=1S/C12H21N3OS/c1-8(2)7-9(13)10(16)15-12(3,4)11-14-5-6-17-11/h5-6,8-9H,7,13H2,1-4H3,(H,15,16)/t9-/m0/s1. The highest BCUT2D eigenvalue weighted by Crippen LogP contribution is 2.22. The molecule has 0 aliphatic heterocycles. The maximum absolute atomic E-state index is 11.9. The Morgan fingerprint density at radius 1 is 1.59 bits per heavy atom. The van der Waals surface area contributed by atoms with Crippen LogP contribution in [0, 0.1) is 5.92 Å². The number of aromatic nitrogens is 1. The summed E-state index contributed by atoms with van der Waals surface area (Å²) in [7, 11) is 0. The first-order valence-corrected chi connectivity index (χ1v) is 6.68. The third-order valence-corrected chi connectivity index (χ3v) is 3.56. The number of carbonyl (C=O) groups is 1. The summed E-state index contributed by atoms with van der Waals surface area (Å²) in [4.78, 5) is 16.2. The van der Waals surface area contributed by atoms with Crippen molar-refractivity contribution in [1.82, 2.24) is 10.3 Å². The van der Waals surface area contributed by atoms with Crippen LogP contribution in [0.2, 0.25) is 0 Å². The summed E-state index contributed by atoms with van der Waals surface area (Å²) in [5.74, 6) is 0.303. The molecule has 0 aromatic carbocycles. The molecule has 0 saturated carbocycles. The van der Waals surface area contributed by atoms with Crippen LogP contribution in [0.15, 0.2) is 11.6 Å². The number of nitrogens with one attached hydrogen (secondary N) is 1. The molecule has 1 amide bonds. The van der Waals surface area contributed by atoms with E-state index in [1.54, 1.807) is 6.20 Å². The molecule has 0 aliphatic rings. The monoisotopic (exact) mass is 255 g/mol. The second-order valence-electron chi connectivity index (χ2n) is 5.19. The number of thiazole rings is 1. The van der Waals surface area contributed by atoms with Gasteiger partial charge >= 0.3 is 0 Å². The molecule has 0 radical (unpaired) electrons. The molecule has 0 bridgehead atoms. The third kappa shape index (κ3) is 4.09. The van der Waals surface area contributed by atoms with E-state index in [1.807, 2.05) is 19.2 Å². The van der Waals surface area contributed by atoms with Gasteiger partial charge in [-0.25, -0.2) is 4.98 Å². The van der Waals surface area contributed by atoms with Crippen molar-refractivity contribution in [2.75, 3.05) is 0 Å². The topological polar surface area (TPSA) is 68.0 Å². The first-order chi connectivity index (χ1) is 7.83. The zero-order chi connectivity index (χ0) is 13.1. The Labute approximate surface area is 107 Å². The minimum absolute atomic E-state index is 0.112. The van der Waals surface area contributed by atoms with Crippen molar-refractivity contribution in [2.45, 2.75) is 45.7 Å². The molecule has 1 rings (SSSR count). The largest absolute Gasteiger partial charge is 0.343 e. The van der Waals surface area contributed by atoms with Gasteiger partial charge in [-0.05, 0) is 26.2 Å². The third-order valence-electron chi connectivity index (χ3n) is 2.46. The smallest absolute Gasteiger partial charge is 0.237 e.